The SMILES string of the molecule is CC1CCN(c2ccc(NC(=O)c3n[nH]c4ccc(-c5cncc(N6CCCC6)c5)cc34)cn2)CC1. The molecule has 0 unspecified atom stereocenters. The van der Waals surface area contributed by atoms with Crippen LogP contribution in [0.5, 0.6) is 0 Å². The Hall–Kier alpha value is -3.94. The molecule has 1 aromatic carbocycles. The monoisotopic (exact) mass is 481 g/mol. The number of piperidine rings is 1. The van der Waals surface area contributed by atoms with E-state index in [9.17, 15) is 4.79 Å². The van der Waals surface area contributed by atoms with Gasteiger partial charge in [0, 0.05) is 43.3 Å². The molecular weight excluding hydrogens is 450 g/mol. The number of nitrogens with zero attached hydrogens (tertiary/aromatic N) is 5. The van der Waals surface area contributed by atoms with Crippen LogP contribution in [0.3, 0.4) is 0 Å². The summed E-state index contributed by atoms with van der Waals surface area (Å²) in [6.45, 7) is 6.50. The van der Waals surface area contributed by atoms with E-state index in [-0.39, 0.29) is 5.91 Å². The van der Waals surface area contributed by atoms with Crippen LogP contribution < -0.4 is 15.1 Å². The number of benzene rings is 1. The molecule has 4 aromatic rings. The number of carbonyl (C=O) groups is 1. The number of nitrogens with one attached hydrogen (secondary N) is 2. The Morgan fingerprint density at radius 1 is 0.944 bits per heavy atom. The summed E-state index contributed by atoms with van der Waals surface area (Å²) >= 11 is 0. The highest BCUT2D eigenvalue weighted by Crippen LogP contribution is 2.29. The molecule has 8 nitrogen and oxygen atoms in total. The van der Waals surface area contributed by atoms with Gasteiger partial charge >= 0.3 is 0 Å². The largest absolute Gasteiger partial charge is 0.370 e. The van der Waals surface area contributed by atoms with Gasteiger partial charge in [-0.15, -0.1) is 0 Å². The minimum atomic E-state index is -0.260. The first-order valence-corrected chi connectivity index (χ1v) is 12.8. The van der Waals surface area contributed by atoms with Crippen LogP contribution in [0.2, 0.25) is 0 Å². The van der Waals surface area contributed by atoms with Crippen molar-refractivity contribution in [2.45, 2.75) is 32.6 Å². The molecule has 0 bridgehead atoms. The number of H-pyrrole nitrogens is 1. The second-order valence-electron chi connectivity index (χ2n) is 9.99. The van der Waals surface area contributed by atoms with E-state index in [4.69, 9.17) is 0 Å². The van der Waals surface area contributed by atoms with Gasteiger partial charge in [0.05, 0.1) is 29.3 Å². The van der Waals surface area contributed by atoms with E-state index in [0.717, 1.165) is 65.6 Å². The third-order valence-corrected chi connectivity index (χ3v) is 7.42. The summed E-state index contributed by atoms with van der Waals surface area (Å²) in [5.41, 5.74) is 5.02. The van der Waals surface area contributed by atoms with Crippen LogP contribution in [0.25, 0.3) is 22.0 Å². The van der Waals surface area contributed by atoms with E-state index in [1.165, 1.54) is 25.7 Å². The van der Waals surface area contributed by atoms with Crippen LogP contribution in [0.4, 0.5) is 17.2 Å². The summed E-state index contributed by atoms with van der Waals surface area (Å²) in [5, 5.41) is 11.0. The molecule has 3 aromatic heterocycles. The van der Waals surface area contributed by atoms with Crippen molar-refractivity contribution in [1.82, 2.24) is 20.2 Å². The molecule has 2 aliphatic heterocycles. The average molecular weight is 482 g/mol. The number of carbonyl (C=O) groups excluding carboxylic acids is 1. The van der Waals surface area contributed by atoms with E-state index < -0.39 is 0 Å². The second-order valence-corrected chi connectivity index (χ2v) is 9.99. The molecule has 2 aliphatic rings. The number of amides is 1. The fraction of sp³-hybridized carbons (Fsp3) is 0.357. The number of aromatic amines is 1. The second kappa shape index (κ2) is 9.60. The third kappa shape index (κ3) is 4.51. The van der Waals surface area contributed by atoms with Crippen molar-refractivity contribution in [2.24, 2.45) is 5.92 Å². The van der Waals surface area contributed by atoms with Crippen LogP contribution in [-0.2, 0) is 0 Å². The maximum Gasteiger partial charge on any atom is 0.276 e. The Labute approximate surface area is 210 Å². The highest BCUT2D eigenvalue weighted by atomic mass is 16.1. The Kier molecular flexibility index (Phi) is 6.01. The van der Waals surface area contributed by atoms with E-state index >= 15 is 0 Å². The summed E-state index contributed by atoms with van der Waals surface area (Å²) in [6, 6.07) is 12.1. The molecule has 2 saturated heterocycles. The molecule has 6 rings (SSSR count). The molecule has 1 amide bonds. The third-order valence-electron chi connectivity index (χ3n) is 7.42. The van der Waals surface area contributed by atoms with Crippen LogP contribution in [0.1, 0.15) is 43.1 Å². The fourth-order valence-electron chi connectivity index (χ4n) is 5.18. The van der Waals surface area contributed by atoms with E-state index in [0.29, 0.717) is 11.4 Å². The minimum absolute atomic E-state index is 0.260. The van der Waals surface area contributed by atoms with Crippen molar-refractivity contribution in [3.05, 3.63) is 60.7 Å². The zero-order valence-electron chi connectivity index (χ0n) is 20.6. The Balaban J connectivity index is 1.21. The van der Waals surface area contributed by atoms with Crippen LogP contribution in [0.15, 0.2) is 55.0 Å². The van der Waals surface area contributed by atoms with Crippen LogP contribution >= 0.6 is 0 Å². The number of rotatable bonds is 5. The summed E-state index contributed by atoms with van der Waals surface area (Å²) in [6.07, 6.45) is 10.3. The molecule has 8 heteroatoms. The lowest BCUT2D eigenvalue weighted by atomic mass is 9.99. The molecule has 0 spiro atoms. The van der Waals surface area contributed by atoms with E-state index in [1.807, 2.05) is 42.7 Å². The fourth-order valence-corrected chi connectivity index (χ4v) is 5.18. The lowest BCUT2D eigenvalue weighted by Gasteiger charge is -2.31. The van der Waals surface area contributed by atoms with Crippen molar-refractivity contribution in [1.29, 1.82) is 0 Å². The average Bonchev–Trinajstić information content (AvgIpc) is 3.60. The van der Waals surface area contributed by atoms with Crippen molar-refractivity contribution < 1.29 is 4.79 Å². The normalized spacial score (nSPS) is 16.6. The number of pyridine rings is 2. The standard InChI is InChI=1S/C28H31N7O/c1-19-8-12-35(13-9-19)26-7-5-22(17-30-26)31-28(36)27-24-15-20(4-6-25(24)32-33-27)21-14-23(18-29-16-21)34-10-2-3-11-34/h4-7,14-19H,2-3,8-13H2,1H3,(H,31,36)(H,32,33). The first-order chi connectivity index (χ1) is 17.6. The van der Waals surface area contributed by atoms with Crippen molar-refractivity contribution in [3.63, 3.8) is 0 Å². The molecule has 184 valence electrons. The molecule has 5 heterocycles. The summed E-state index contributed by atoms with van der Waals surface area (Å²) in [5.74, 6) is 1.47. The molecule has 36 heavy (non-hydrogen) atoms. The molecule has 2 N–H and O–H groups in total. The maximum atomic E-state index is 13.1. The summed E-state index contributed by atoms with van der Waals surface area (Å²) in [4.78, 5) is 26.9. The van der Waals surface area contributed by atoms with Crippen LogP contribution in [0, 0.1) is 5.92 Å². The molecule has 0 radical (unpaired) electrons. The maximum absolute atomic E-state index is 13.1. The van der Waals surface area contributed by atoms with Crippen LogP contribution in [-0.4, -0.2) is 52.3 Å². The molecular formula is C28H31N7O. The number of hydrogen-bond acceptors (Lipinski definition) is 6. The van der Waals surface area contributed by atoms with Gasteiger partial charge < -0.3 is 15.1 Å². The number of aromatic nitrogens is 4. The zero-order chi connectivity index (χ0) is 24.5. The molecule has 0 atom stereocenters. The number of anilines is 3. The van der Waals surface area contributed by atoms with Crippen molar-refractivity contribution in [2.75, 3.05) is 41.3 Å². The highest BCUT2D eigenvalue weighted by Gasteiger charge is 2.19. The Bertz CT molecular complexity index is 1370. The summed E-state index contributed by atoms with van der Waals surface area (Å²) < 4.78 is 0. The number of hydrogen-bond donors (Lipinski definition) is 2. The Morgan fingerprint density at radius 2 is 1.78 bits per heavy atom. The van der Waals surface area contributed by atoms with Gasteiger partial charge in [-0.3, -0.25) is 14.9 Å². The first-order valence-electron chi connectivity index (χ1n) is 12.8. The molecule has 0 aliphatic carbocycles. The van der Waals surface area contributed by atoms with Gasteiger partial charge in [0.25, 0.3) is 5.91 Å². The van der Waals surface area contributed by atoms with Crippen molar-refractivity contribution >= 4 is 34.0 Å². The summed E-state index contributed by atoms with van der Waals surface area (Å²) in [7, 11) is 0. The lowest BCUT2D eigenvalue weighted by Crippen LogP contribution is -2.33. The van der Waals surface area contributed by atoms with Gasteiger partial charge in [0.15, 0.2) is 5.69 Å². The van der Waals surface area contributed by atoms with Gasteiger partial charge in [-0.25, -0.2) is 4.98 Å². The van der Waals surface area contributed by atoms with Crippen molar-refractivity contribution in [3.8, 4) is 11.1 Å². The first kappa shape index (κ1) is 22.5. The zero-order valence-corrected chi connectivity index (χ0v) is 20.6. The van der Waals surface area contributed by atoms with E-state index in [2.05, 4.69) is 48.3 Å². The number of fused-ring (bicyclic) bond motifs is 1. The lowest BCUT2D eigenvalue weighted by molar-refractivity contribution is 0.102. The molecule has 0 saturated carbocycles. The molecule has 2 fully saturated rings. The highest BCUT2D eigenvalue weighted by molar-refractivity contribution is 6.11. The quantitative estimate of drug-likeness (QED) is 0.412. The van der Waals surface area contributed by atoms with Gasteiger partial charge in [-0.1, -0.05) is 13.0 Å². The van der Waals surface area contributed by atoms with Gasteiger partial charge in [-0.05, 0) is 67.5 Å². The predicted molar refractivity (Wildman–Crippen MR) is 144 cm³/mol. The van der Waals surface area contributed by atoms with E-state index in [1.54, 1.807) is 6.20 Å². The predicted octanol–water partition coefficient (Wildman–Crippen LogP) is 5.11. The minimum Gasteiger partial charge on any atom is -0.370 e. The topological polar surface area (TPSA) is 90.0 Å². The van der Waals surface area contributed by atoms with Gasteiger partial charge in [-0.2, -0.15) is 5.10 Å². The smallest absolute Gasteiger partial charge is 0.276 e. The van der Waals surface area contributed by atoms with Gasteiger partial charge in [0.1, 0.15) is 5.82 Å². The Morgan fingerprint density at radius 3 is 2.56 bits per heavy atom. The van der Waals surface area contributed by atoms with Gasteiger partial charge in [0.2, 0.25) is 0 Å².